The summed E-state index contributed by atoms with van der Waals surface area (Å²) in [7, 11) is 0. The summed E-state index contributed by atoms with van der Waals surface area (Å²) in [6.07, 6.45) is 7.08. The molecule has 0 aliphatic heterocycles. The van der Waals surface area contributed by atoms with Gasteiger partial charge in [-0.1, -0.05) is 127 Å². The van der Waals surface area contributed by atoms with Crippen LogP contribution in [0.25, 0.3) is 88.9 Å². The zero-order valence-electron chi connectivity index (χ0n) is 26.4. The van der Waals surface area contributed by atoms with Gasteiger partial charge in [0.25, 0.3) is 0 Å². The molecule has 3 heterocycles. The monoisotopic (exact) mass is 628 g/mol. The Morgan fingerprint density at radius 3 is 1.94 bits per heavy atom. The standard InChI is InChI=1S/C44H28N4O/c1-2-13-28(14-3-1)42-45-43(29-15-4-5-16-29)47-44(46-42)31-18-10-17-30(27-31)32-21-12-26-39-40(32)35-22-11-25-38(41(35)49-39)48-36-23-8-6-19-33(36)34-20-7-9-24-37(34)48/h1-15,17-27H,16H2. The van der Waals surface area contributed by atoms with E-state index in [0.29, 0.717) is 17.5 Å². The molecule has 0 saturated heterocycles. The van der Waals surface area contributed by atoms with Gasteiger partial charge in [0.05, 0.1) is 16.7 Å². The second-order valence-electron chi connectivity index (χ2n) is 12.4. The van der Waals surface area contributed by atoms with Gasteiger partial charge in [-0.25, -0.2) is 15.0 Å². The van der Waals surface area contributed by atoms with Gasteiger partial charge >= 0.3 is 0 Å². The molecule has 1 aliphatic carbocycles. The van der Waals surface area contributed by atoms with Crippen molar-refractivity contribution in [1.29, 1.82) is 0 Å². The van der Waals surface area contributed by atoms with Crippen LogP contribution in [0.4, 0.5) is 0 Å². The minimum absolute atomic E-state index is 0.649. The Bertz CT molecular complexity index is 2750. The van der Waals surface area contributed by atoms with Crippen LogP contribution in [0.3, 0.4) is 0 Å². The first-order chi connectivity index (χ1) is 24.3. The molecule has 1 aliphatic rings. The zero-order chi connectivity index (χ0) is 32.3. The number of aromatic nitrogens is 4. The minimum Gasteiger partial charge on any atom is -0.454 e. The van der Waals surface area contributed by atoms with Gasteiger partial charge in [-0.2, -0.15) is 0 Å². The van der Waals surface area contributed by atoms with Gasteiger partial charge in [-0.15, -0.1) is 0 Å². The average molecular weight is 629 g/mol. The quantitative estimate of drug-likeness (QED) is 0.190. The second kappa shape index (κ2) is 11.0. The third-order valence-corrected chi connectivity index (χ3v) is 9.48. The van der Waals surface area contributed by atoms with Crippen molar-refractivity contribution < 1.29 is 4.42 Å². The molecule has 0 unspecified atom stereocenters. The van der Waals surface area contributed by atoms with Gasteiger partial charge in [-0.3, -0.25) is 0 Å². The van der Waals surface area contributed by atoms with Crippen molar-refractivity contribution in [3.63, 3.8) is 0 Å². The van der Waals surface area contributed by atoms with E-state index < -0.39 is 0 Å². The maximum absolute atomic E-state index is 6.75. The Morgan fingerprint density at radius 2 is 1.16 bits per heavy atom. The highest BCUT2D eigenvalue weighted by Gasteiger charge is 2.20. The number of furan rings is 1. The van der Waals surface area contributed by atoms with E-state index in [4.69, 9.17) is 19.4 Å². The maximum Gasteiger partial charge on any atom is 0.164 e. The van der Waals surface area contributed by atoms with Crippen LogP contribution in [0.15, 0.2) is 162 Å². The van der Waals surface area contributed by atoms with Crippen molar-refractivity contribution >= 4 is 49.3 Å². The Kier molecular flexibility index (Phi) is 6.18. The smallest absolute Gasteiger partial charge is 0.164 e. The van der Waals surface area contributed by atoms with E-state index in [-0.39, 0.29) is 0 Å². The highest BCUT2D eigenvalue weighted by Crippen LogP contribution is 2.41. The molecule has 0 spiro atoms. The molecule has 0 amide bonds. The summed E-state index contributed by atoms with van der Waals surface area (Å²) in [5.41, 5.74) is 10.2. The van der Waals surface area contributed by atoms with Crippen molar-refractivity contribution in [3.05, 3.63) is 164 Å². The number of benzene rings is 6. The van der Waals surface area contributed by atoms with Crippen LogP contribution < -0.4 is 0 Å². The molecule has 5 nitrogen and oxygen atoms in total. The summed E-state index contributed by atoms with van der Waals surface area (Å²) in [5, 5.41) is 4.60. The van der Waals surface area contributed by atoms with Crippen LogP contribution in [-0.2, 0) is 0 Å². The SMILES string of the molecule is C1=CCC(c2nc(-c3ccccc3)nc(-c3cccc(-c4cccc5oc6c(-n7c8ccccc8c8ccccc87)cccc6c45)c3)n2)=C1. The minimum atomic E-state index is 0.649. The molecule has 3 aromatic heterocycles. The number of rotatable bonds is 5. The third-order valence-electron chi connectivity index (χ3n) is 9.48. The van der Waals surface area contributed by atoms with Crippen LogP contribution in [0.5, 0.6) is 0 Å². The molecular formula is C44H28N4O. The molecule has 230 valence electrons. The van der Waals surface area contributed by atoms with E-state index in [0.717, 1.165) is 72.9 Å². The Balaban J connectivity index is 1.15. The lowest BCUT2D eigenvalue weighted by atomic mass is 9.97. The molecule has 0 atom stereocenters. The van der Waals surface area contributed by atoms with Crippen LogP contribution in [0.2, 0.25) is 0 Å². The average Bonchev–Trinajstić information content (AvgIpc) is 3.92. The highest BCUT2D eigenvalue weighted by molar-refractivity contribution is 6.16. The molecule has 0 fully saturated rings. The summed E-state index contributed by atoms with van der Waals surface area (Å²) < 4.78 is 9.08. The normalized spacial score (nSPS) is 12.9. The van der Waals surface area contributed by atoms with Crippen molar-refractivity contribution in [2.24, 2.45) is 0 Å². The molecule has 0 bridgehead atoms. The first-order valence-electron chi connectivity index (χ1n) is 16.5. The number of para-hydroxylation sites is 3. The third kappa shape index (κ3) is 4.44. The molecule has 49 heavy (non-hydrogen) atoms. The summed E-state index contributed by atoms with van der Waals surface area (Å²) in [6.45, 7) is 0. The van der Waals surface area contributed by atoms with Gasteiger partial charge in [0, 0.05) is 38.2 Å². The highest BCUT2D eigenvalue weighted by atomic mass is 16.3. The Morgan fingerprint density at radius 1 is 0.531 bits per heavy atom. The molecule has 0 N–H and O–H groups in total. The predicted molar refractivity (Wildman–Crippen MR) is 199 cm³/mol. The van der Waals surface area contributed by atoms with Crippen LogP contribution >= 0.6 is 0 Å². The first-order valence-corrected chi connectivity index (χ1v) is 16.5. The number of hydrogen-bond donors (Lipinski definition) is 0. The second-order valence-corrected chi connectivity index (χ2v) is 12.4. The summed E-state index contributed by atoms with van der Waals surface area (Å²) >= 11 is 0. The topological polar surface area (TPSA) is 56.7 Å². The van der Waals surface area contributed by atoms with E-state index in [2.05, 4.69) is 132 Å². The molecule has 0 saturated carbocycles. The van der Waals surface area contributed by atoms with Crippen molar-refractivity contribution in [2.75, 3.05) is 0 Å². The van der Waals surface area contributed by atoms with Crippen LogP contribution in [0.1, 0.15) is 12.2 Å². The van der Waals surface area contributed by atoms with Crippen molar-refractivity contribution in [1.82, 2.24) is 19.5 Å². The first kappa shape index (κ1) is 27.5. The number of hydrogen-bond acceptors (Lipinski definition) is 4. The van der Waals surface area contributed by atoms with Crippen molar-refractivity contribution in [2.45, 2.75) is 6.42 Å². The fourth-order valence-corrected chi connectivity index (χ4v) is 7.24. The van der Waals surface area contributed by atoms with E-state index >= 15 is 0 Å². The van der Waals surface area contributed by atoms with E-state index in [1.807, 2.05) is 30.3 Å². The lowest BCUT2D eigenvalue weighted by Crippen LogP contribution is -2.02. The zero-order valence-corrected chi connectivity index (χ0v) is 26.4. The molecule has 5 heteroatoms. The predicted octanol–water partition coefficient (Wildman–Crippen LogP) is 11.2. The van der Waals surface area contributed by atoms with Gasteiger partial charge < -0.3 is 8.98 Å². The molecule has 6 aromatic carbocycles. The number of allylic oxidation sites excluding steroid dienone is 4. The Labute approximate surface area is 282 Å². The number of fused-ring (bicyclic) bond motifs is 6. The van der Waals surface area contributed by atoms with Crippen LogP contribution in [0, 0.1) is 0 Å². The summed E-state index contributed by atoms with van der Waals surface area (Å²) in [6, 6.07) is 48.5. The number of nitrogens with zero attached hydrogens (tertiary/aromatic N) is 4. The van der Waals surface area contributed by atoms with Gasteiger partial charge in [0.15, 0.2) is 23.1 Å². The maximum atomic E-state index is 6.75. The van der Waals surface area contributed by atoms with Gasteiger partial charge in [-0.05, 0) is 47.9 Å². The largest absolute Gasteiger partial charge is 0.454 e. The molecule has 10 rings (SSSR count). The summed E-state index contributed by atoms with van der Waals surface area (Å²) in [4.78, 5) is 14.8. The van der Waals surface area contributed by atoms with Gasteiger partial charge in [0.2, 0.25) is 0 Å². The van der Waals surface area contributed by atoms with E-state index in [9.17, 15) is 0 Å². The lowest BCUT2D eigenvalue weighted by molar-refractivity contribution is 0.666. The fourth-order valence-electron chi connectivity index (χ4n) is 7.24. The van der Waals surface area contributed by atoms with E-state index in [1.165, 1.54) is 10.8 Å². The molecule has 0 radical (unpaired) electrons. The molecular weight excluding hydrogens is 601 g/mol. The van der Waals surface area contributed by atoms with Crippen molar-refractivity contribution in [3.8, 4) is 39.6 Å². The van der Waals surface area contributed by atoms with Crippen LogP contribution in [-0.4, -0.2) is 19.5 Å². The van der Waals surface area contributed by atoms with Gasteiger partial charge in [0.1, 0.15) is 5.58 Å². The Hall–Kier alpha value is -6.59. The molecule has 9 aromatic rings. The van der Waals surface area contributed by atoms with E-state index in [1.54, 1.807) is 0 Å². The lowest BCUT2D eigenvalue weighted by Gasteiger charge is -2.10. The summed E-state index contributed by atoms with van der Waals surface area (Å²) in [5.74, 6) is 2.02. The fraction of sp³-hybridized carbons (Fsp3) is 0.0227.